The molecule has 1 saturated heterocycles. The van der Waals surface area contributed by atoms with Gasteiger partial charge in [0, 0.05) is 18.9 Å². The fourth-order valence-corrected chi connectivity index (χ4v) is 5.79. The molecule has 2 aliphatic heterocycles. The predicted molar refractivity (Wildman–Crippen MR) is 140 cm³/mol. The fourth-order valence-electron chi connectivity index (χ4n) is 4.80. The van der Waals surface area contributed by atoms with Gasteiger partial charge in [0.25, 0.3) is 5.78 Å². The summed E-state index contributed by atoms with van der Waals surface area (Å²) in [6.07, 6.45) is 0.639. The summed E-state index contributed by atoms with van der Waals surface area (Å²) in [5, 5.41) is 11.6. The molecule has 9 nitrogen and oxygen atoms in total. The number of carbonyl (C=O) groups excluding carboxylic acids is 4. The number of amides is 1. The lowest BCUT2D eigenvalue weighted by atomic mass is 9.94. The van der Waals surface area contributed by atoms with Gasteiger partial charge in [-0.05, 0) is 55.3 Å². The van der Waals surface area contributed by atoms with Gasteiger partial charge in [-0.25, -0.2) is 9.78 Å². The summed E-state index contributed by atoms with van der Waals surface area (Å²) >= 11 is 1.00. The molecule has 2 atom stereocenters. The normalized spacial score (nSPS) is 19.8. The third-order valence-electron chi connectivity index (χ3n) is 6.57. The Morgan fingerprint density at radius 3 is 2.45 bits per heavy atom. The van der Waals surface area contributed by atoms with E-state index < -0.39 is 23.7 Å². The van der Waals surface area contributed by atoms with Gasteiger partial charge >= 0.3 is 11.9 Å². The number of rotatable bonds is 5. The molecule has 0 spiro atoms. The quantitative estimate of drug-likeness (QED) is 0.169. The van der Waals surface area contributed by atoms with Crippen LogP contribution in [0.25, 0.3) is 5.76 Å². The summed E-state index contributed by atoms with van der Waals surface area (Å²) in [5.41, 5.74) is 2.32. The van der Waals surface area contributed by atoms with Crippen LogP contribution in [0, 0.1) is 6.92 Å². The molecule has 0 unspecified atom stereocenters. The van der Waals surface area contributed by atoms with Crippen molar-refractivity contribution in [2.24, 2.45) is 0 Å². The number of ketones is 2. The van der Waals surface area contributed by atoms with Crippen molar-refractivity contribution in [3.05, 3.63) is 80.9 Å². The Balaban J connectivity index is 1.68. The lowest BCUT2D eigenvalue weighted by Crippen LogP contribution is -2.29. The van der Waals surface area contributed by atoms with Crippen LogP contribution in [0.5, 0.6) is 5.75 Å². The van der Waals surface area contributed by atoms with Crippen molar-refractivity contribution < 1.29 is 33.8 Å². The minimum atomic E-state index is -1.05. The topological polar surface area (TPSA) is 123 Å². The van der Waals surface area contributed by atoms with Gasteiger partial charge < -0.3 is 14.6 Å². The maximum atomic E-state index is 13.4. The zero-order valence-electron chi connectivity index (χ0n) is 21.1. The molecule has 1 amide bonds. The number of aromatic nitrogens is 1. The fraction of sp³-hybridized carbons (Fsp3) is 0.250. The number of hydrogen-bond acceptors (Lipinski definition) is 9. The average molecular weight is 533 g/mol. The van der Waals surface area contributed by atoms with Crippen molar-refractivity contribution in [3.63, 3.8) is 0 Å². The number of methoxy groups -OCH3 is 1. The Bertz CT molecular complexity index is 1540. The van der Waals surface area contributed by atoms with Gasteiger partial charge in [-0.1, -0.05) is 23.5 Å². The highest BCUT2D eigenvalue weighted by atomic mass is 32.1. The third kappa shape index (κ3) is 4.16. The van der Waals surface area contributed by atoms with Crippen molar-refractivity contribution in [1.82, 2.24) is 4.98 Å². The summed E-state index contributed by atoms with van der Waals surface area (Å²) in [7, 11) is 1.27. The molecule has 0 radical (unpaired) electrons. The number of Topliss-reactive ketones (excluding diaryl/α,β-unsaturated/α-hetero) is 2. The molecule has 5 rings (SSSR count). The van der Waals surface area contributed by atoms with Crippen LogP contribution in [-0.4, -0.2) is 46.7 Å². The average Bonchev–Trinajstić information content (AvgIpc) is 3.55. The van der Waals surface area contributed by atoms with Crippen LogP contribution < -0.4 is 9.64 Å². The number of esters is 1. The molecular weight excluding hydrogens is 508 g/mol. The molecule has 0 aliphatic carbocycles. The van der Waals surface area contributed by atoms with Gasteiger partial charge in [0.2, 0.25) is 0 Å². The Morgan fingerprint density at radius 1 is 1.13 bits per heavy atom. The second kappa shape index (κ2) is 9.53. The molecule has 38 heavy (non-hydrogen) atoms. The molecule has 0 saturated carbocycles. The highest BCUT2D eigenvalue weighted by Gasteiger charge is 2.48. The molecule has 3 aromatic rings. The maximum absolute atomic E-state index is 13.4. The number of aliphatic hydroxyl groups is 1. The molecular formula is C28H24N2O7S. The summed E-state index contributed by atoms with van der Waals surface area (Å²) in [6, 6.07) is 10.3. The van der Waals surface area contributed by atoms with Crippen LogP contribution in [0.1, 0.15) is 62.3 Å². The van der Waals surface area contributed by atoms with Crippen LogP contribution in [0.15, 0.2) is 48.0 Å². The Hall–Kier alpha value is -4.31. The minimum Gasteiger partial charge on any atom is -0.507 e. The molecule has 1 aromatic heterocycles. The third-order valence-corrected chi connectivity index (χ3v) is 7.83. The zero-order chi connectivity index (χ0) is 27.3. The standard InChI is InChI=1S/C28H24N2O7S/c1-13-11-19-12-18(9-10-20(19)37-13)23(32)21-22(16-5-7-17(8-6-16)27(35)36-4)30(26(34)24(21)33)28-29-14(2)25(38-28)15(3)31/h5-10,12-13,22,32H,11H2,1-4H3/b23-21+/t13-,22+/m0/s1. The van der Waals surface area contributed by atoms with E-state index in [-0.39, 0.29) is 33.9 Å². The Morgan fingerprint density at radius 2 is 1.82 bits per heavy atom. The molecule has 194 valence electrons. The first-order valence-corrected chi connectivity index (χ1v) is 12.7. The molecule has 2 aliphatic rings. The first-order valence-electron chi connectivity index (χ1n) is 11.9. The lowest BCUT2D eigenvalue weighted by Gasteiger charge is -2.23. The minimum absolute atomic E-state index is 0.00934. The van der Waals surface area contributed by atoms with E-state index in [0.717, 1.165) is 16.9 Å². The van der Waals surface area contributed by atoms with E-state index in [2.05, 4.69) is 4.98 Å². The van der Waals surface area contributed by atoms with E-state index in [4.69, 9.17) is 9.47 Å². The van der Waals surface area contributed by atoms with Crippen molar-refractivity contribution in [1.29, 1.82) is 0 Å². The second-order valence-electron chi connectivity index (χ2n) is 9.20. The first kappa shape index (κ1) is 25.3. The number of benzene rings is 2. The largest absolute Gasteiger partial charge is 0.507 e. The molecule has 0 bridgehead atoms. The smallest absolute Gasteiger partial charge is 0.337 e. The molecule has 10 heteroatoms. The van der Waals surface area contributed by atoms with Gasteiger partial charge in [-0.3, -0.25) is 19.3 Å². The number of fused-ring (bicyclic) bond motifs is 1. The maximum Gasteiger partial charge on any atom is 0.337 e. The summed E-state index contributed by atoms with van der Waals surface area (Å²) in [5.74, 6) is -2.14. The highest BCUT2D eigenvalue weighted by molar-refractivity contribution is 7.18. The Kier molecular flexibility index (Phi) is 6.36. The van der Waals surface area contributed by atoms with Crippen LogP contribution in [0.3, 0.4) is 0 Å². The van der Waals surface area contributed by atoms with Crippen LogP contribution >= 0.6 is 11.3 Å². The number of ether oxygens (including phenoxy) is 2. The Labute approximate surface area is 222 Å². The van der Waals surface area contributed by atoms with E-state index in [9.17, 15) is 24.3 Å². The SMILES string of the molecule is COC(=O)c1ccc([C@@H]2/C(=C(\O)c3ccc4c(c3)C[C@H](C)O4)C(=O)C(=O)N2c2nc(C)c(C(C)=O)s2)cc1. The number of thiazole rings is 1. The van der Waals surface area contributed by atoms with Gasteiger partial charge in [-0.2, -0.15) is 0 Å². The predicted octanol–water partition coefficient (Wildman–Crippen LogP) is 4.39. The molecule has 3 heterocycles. The van der Waals surface area contributed by atoms with Gasteiger partial charge in [0.05, 0.1) is 34.9 Å². The number of nitrogens with zero attached hydrogens (tertiary/aromatic N) is 2. The summed E-state index contributed by atoms with van der Waals surface area (Å²) in [6.45, 7) is 5.00. The number of carbonyl (C=O) groups is 4. The van der Waals surface area contributed by atoms with E-state index >= 15 is 0 Å². The monoisotopic (exact) mass is 532 g/mol. The van der Waals surface area contributed by atoms with Crippen LogP contribution in [0.4, 0.5) is 5.13 Å². The van der Waals surface area contributed by atoms with Crippen molar-refractivity contribution in [3.8, 4) is 5.75 Å². The second-order valence-corrected chi connectivity index (χ2v) is 10.2. The van der Waals surface area contributed by atoms with E-state index in [1.165, 1.54) is 31.1 Å². The summed E-state index contributed by atoms with van der Waals surface area (Å²) in [4.78, 5) is 56.9. The number of aryl methyl sites for hydroxylation is 1. The van der Waals surface area contributed by atoms with Crippen LogP contribution in [-0.2, 0) is 20.7 Å². The zero-order valence-corrected chi connectivity index (χ0v) is 21.9. The lowest BCUT2D eigenvalue weighted by molar-refractivity contribution is -0.132. The summed E-state index contributed by atoms with van der Waals surface area (Å²) < 4.78 is 10.5. The van der Waals surface area contributed by atoms with E-state index in [1.54, 1.807) is 37.3 Å². The molecule has 1 fully saturated rings. The van der Waals surface area contributed by atoms with E-state index in [1.807, 2.05) is 6.92 Å². The number of aliphatic hydroxyl groups excluding tert-OH is 1. The number of hydrogen-bond donors (Lipinski definition) is 1. The van der Waals surface area contributed by atoms with Crippen LogP contribution in [0.2, 0.25) is 0 Å². The molecule has 2 aromatic carbocycles. The van der Waals surface area contributed by atoms with Gasteiger partial charge in [-0.15, -0.1) is 0 Å². The van der Waals surface area contributed by atoms with Gasteiger partial charge in [0.15, 0.2) is 10.9 Å². The first-order chi connectivity index (χ1) is 18.1. The number of anilines is 1. The highest BCUT2D eigenvalue weighted by Crippen LogP contribution is 2.44. The van der Waals surface area contributed by atoms with Gasteiger partial charge in [0.1, 0.15) is 17.6 Å². The molecule has 1 N–H and O–H groups in total. The van der Waals surface area contributed by atoms with Crippen molar-refractivity contribution in [2.75, 3.05) is 12.0 Å². The van der Waals surface area contributed by atoms with Crippen molar-refractivity contribution in [2.45, 2.75) is 39.3 Å². The van der Waals surface area contributed by atoms with Crippen molar-refractivity contribution >= 4 is 45.7 Å². The van der Waals surface area contributed by atoms with E-state index in [0.29, 0.717) is 33.9 Å².